The molecule has 0 saturated carbocycles. The van der Waals surface area contributed by atoms with Crippen LogP contribution in [0.15, 0.2) is 0 Å². The van der Waals surface area contributed by atoms with Crippen molar-refractivity contribution in [3.63, 3.8) is 0 Å². The summed E-state index contributed by atoms with van der Waals surface area (Å²) in [5.74, 6) is 0.840. The number of piperidine rings is 1. The molecular formula is C13H26N2O2. The number of aliphatic hydroxyl groups excluding tert-OH is 1. The molecule has 0 aromatic rings. The number of nitrogens with two attached hydrogens (primary N) is 1. The number of aliphatic hydroxyl groups is 1. The summed E-state index contributed by atoms with van der Waals surface area (Å²) in [6.45, 7) is 4.59. The third-order valence-corrected chi connectivity index (χ3v) is 3.63. The Balaban J connectivity index is 2.39. The Bertz CT molecular complexity index is 231. The monoisotopic (exact) mass is 242 g/mol. The van der Waals surface area contributed by atoms with Crippen LogP contribution < -0.4 is 5.73 Å². The van der Waals surface area contributed by atoms with E-state index in [9.17, 15) is 4.79 Å². The van der Waals surface area contributed by atoms with E-state index in [-0.39, 0.29) is 18.4 Å². The molecule has 17 heavy (non-hydrogen) atoms. The number of nitrogens with zero attached hydrogens (tertiary/aromatic N) is 1. The van der Waals surface area contributed by atoms with Gasteiger partial charge in [0.05, 0.1) is 0 Å². The Labute approximate surface area is 104 Å². The first-order valence-electron chi connectivity index (χ1n) is 6.78. The van der Waals surface area contributed by atoms with Gasteiger partial charge < -0.3 is 15.7 Å². The van der Waals surface area contributed by atoms with Crippen LogP contribution in [0.2, 0.25) is 0 Å². The molecule has 0 spiro atoms. The molecule has 0 aromatic heterocycles. The van der Waals surface area contributed by atoms with Gasteiger partial charge in [0.1, 0.15) is 0 Å². The van der Waals surface area contributed by atoms with Gasteiger partial charge in [-0.05, 0) is 44.6 Å². The molecule has 0 aliphatic carbocycles. The molecule has 1 aliphatic heterocycles. The number of carbonyl (C=O) groups excluding carboxylic acids is 1. The zero-order valence-corrected chi connectivity index (χ0v) is 10.9. The van der Waals surface area contributed by atoms with Gasteiger partial charge >= 0.3 is 0 Å². The summed E-state index contributed by atoms with van der Waals surface area (Å²) in [5, 5.41) is 8.95. The average molecular weight is 242 g/mol. The third kappa shape index (κ3) is 4.64. The smallest absolute Gasteiger partial charge is 0.225 e. The Morgan fingerprint density at radius 3 is 3.00 bits per heavy atom. The Hall–Kier alpha value is -0.610. The van der Waals surface area contributed by atoms with Crippen LogP contribution in [0, 0.1) is 11.8 Å². The van der Waals surface area contributed by atoms with Gasteiger partial charge in [-0.2, -0.15) is 0 Å². The number of hydrogen-bond donors (Lipinski definition) is 2. The molecule has 1 heterocycles. The molecular weight excluding hydrogens is 216 g/mol. The van der Waals surface area contributed by atoms with Crippen molar-refractivity contribution in [2.75, 3.05) is 26.2 Å². The SMILES string of the molecule is CC(CCCN)C(=O)N1CCCC(CCO)C1. The third-order valence-electron chi connectivity index (χ3n) is 3.63. The van der Waals surface area contributed by atoms with Crippen molar-refractivity contribution in [3.05, 3.63) is 0 Å². The van der Waals surface area contributed by atoms with Crippen LogP contribution >= 0.6 is 0 Å². The second-order valence-corrected chi connectivity index (χ2v) is 5.14. The number of likely N-dealkylation sites (tertiary alicyclic amines) is 1. The molecule has 1 amide bonds. The Morgan fingerprint density at radius 2 is 2.35 bits per heavy atom. The zero-order chi connectivity index (χ0) is 12.7. The standard InChI is InChI=1S/C13H26N2O2/c1-11(4-2-7-14)13(17)15-8-3-5-12(10-15)6-9-16/h11-12,16H,2-10,14H2,1H3. The maximum Gasteiger partial charge on any atom is 0.225 e. The van der Waals surface area contributed by atoms with Crippen LogP contribution in [0.5, 0.6) is 0 Å². The molecule has 3 N–H and O–H groups in total. The van der Waals surface area contributed by atoms with Gasteiger partial charge in [0.25, 0.3) is 0 Å². The molecule has 0 aromatic carbocycles. The minimum absolute atomic E-state index is 0.0893. The van der Waals surface area contributed by atoms with Gasteiger partial charge in [0.2, 0.25) is 5.91 Å². The minimum Gasteiger partial charge on any atom is -0.396 e. The molecule has 1 fully saturated rings. The van der Waals surface area contributed by atoms with Gasteiger partial charge in [-0.3, -0.25) is 4.79 Å². The lowest BCUT2D eigenvalue weighted by Gasteiger charge is -2.34. The first-order valence-corrected chi connectivity index (χ1v) is 6.78. The molecule has 0 bridgehead atoms. The Morgan fingerprint density at radius 1 is 1.59 bits per heavy atom. The van der Waals surface area contributed by atoms with E-state index < -0.39 is 0 Å². The second kappa shape index (κ2) is 7.67. The van der Waals surface area contributed by atoms with Crippen molar-refractivity contribution in [3.8, 4) is 0 Å². The predicted molar refractivity (Wildman–Crippen MR) is 68.5 cm³/mol. The largest absolute Gasteiger partial charge is 0.396 e. The van der Waals surface area contributed by atoms with Crippen molar-refractivity contribution < 1.29 is 9.90 Å². The number of carbonyl (C=O) groups is 1. The molecule has 4 nitrogen and oxygen atoms in total. The fourth-order valence-corrected chi connectivity index (χ4v) is 2.54. The fourth-order valence-electron chi connectivity index (χ4n) is 2.54. The summed E-state index contributed by atoms with van der Waals surface area (Å²) in [6.07, 6.45) is 4.83. The second-order valence-electron chi connectivity index (χ2n) is 5.14. The summed E-state index contributed by atoms with van der Waals surface area (Å²) in [7, 11) is 0. The highest BCUT2D eigenvalue weighted by molar-refractivity contribution is 5.78. The summed E-state index contributed by atoms with van der Waals surface area (Å²) >= 11 is 0. The topological polar surface area (TPSA) is 66.6 Å². The van der Waals surface area contributed by atoms with E-state index in [1.165, 1.54) is 0 Å². The van der Waals surface area contributed by atoms with E-state index in [1.807, 2.05) is 11.8 Å². The van der Waals surface area contributed by atoms with Crippen LogP contribution in [0.3, 0.4) is 0 Å². The van der Waals surface area contributed by atoms with Crippen LogP contribution in [0.1, 0.15) is 39.0 Å². The van der Waals surface area contributed by atoms with E-state index in [0.717, 1.165) is 45.2 Å². The van der Waals surface area contributed by atoms with Crippen molar-refractivity contribution in [2.45, 2.75) is 39.0 Å². The highest BCUT2D eigenvalue weighted by Crippen LogP contribution is 2.21. The average Bonchev–Trinajstić information content (AvgIpc) is 2.35. The van der Waals surface area contributed by atoms with Crippen LogP contribution in [0.4, 0.5) is 0 Å². The maximum absolute atomic E-state index is 12.2. The van der Waals surface area contributed by atoms with E-state index in [2.05, 4.69) is 0 Å². The van der Waals surface area contributed by atoms with Crippen molar-refractivity contribution in [1.29, 1.82) is 0 Å². The highest BCUT2D eigenvalue weighted by Gasteiger charge is 2.25. The molecule has 1 rings (SSSR count). The Kier molecular flexibility index (Phi) is 6.52. The zero-order valence-electron chi connectivity index (χ0n) is 10.9. The highest BCUT2D eigenvalue weighted by atomic mass is 16.3. The van der Waals surface area contributed by atoms with Crippen LogP contribution in [0.25, 0.3) is 0 Å². The van der Waals surface area contributed by atoms with Gasteiger partial charge in [-0.25, -0.2) is 0 Å². The molecule has 2 unspecified atom stereocenters. The molecule has 1 saturated heterocycles. The molecule has 100 valence electrons. The van der Waals surface area contributed by atoms with Crippen LogP contribution in [-0.4, -0.2) is 42.2 Å². The van der Waals surface area contributed by atoms with E-state index in [0.29, 0.717) is 12.5 Å². The molecule has 4 heteroatoms. The minimum atomic E-state index is 0.0893. The number of rotatable bonds is 6. The fraction of sp³-hybridized carbons (Fsp3) is 0.923. The lowest BCUT2D eigenvalue weighted by Crippen LogP contribution is -2.42. The van der Waals surface area contributed by atoms with Crippen molar-refractivity contribution in [1.82, 2.24) is 4.90 Å². The summed E-state index contributed by atoms with van der Waals surface area (Å²) in [6, 6.07) is 0. The van der Waals surface area contributed by atoms with Crippen molar-refractivity contribution >= 4 is 5.91 Å². The number of hydrogen-bond acceptors (Lipinski definition) is 3. The van der Waals surface area contributed by atoms with E-state index in [1.54, 1.807) is 0 Å². The quantitative estimate of drug-likeness (QED) is 0.729. The van der Waals surface area contributed by atoms with E-state index in [4.69, 9.17) is 10.8 Å². The van der Waals surface area contributed by atoms with Crippen LogP contribution in [-0.2, 0) is 4.79 Å². The summed E-state index contributed by atoms with van der Waals surface area (Å²) in [4.78, 5) is 14.2. The number of amides is 1. The first-order chi connectivity index (χ1) is 8.19. The predicted octanol–water partition coefficient (Wildman–Crippen LogP) is 0.982. The van der Waals surface area contributed by atoms with E-state index >= 15 is 0 Å². The molecule has 0 radical (unpaired) electrons. The molecule has 2 atom stereocenters. The van der Waals surface area contributed by atoms with Gasteiger partial charge in [-0.15, -0.1) is 0 Å². The first kappa shape index (κ1) is 14.5. The summed E-state index contributed by atoms with van der Waals surface area (Å²) < 4.78 is 0. The van der Waals surface area contributed by atoms with Crippen molar-refractivity contribution in [2.24, 2.45) is 17.6 Å². The van der Waals surface area contributed by atoms with Gasteiger partial charge in [-0.1, -0.05) is 6.92 Å². The maximum atomic E-state index is 12.2. The lowest BCUT2D eigenvalue weighted by atomic mass is 9.93. The van der Waals surface area contributed by atoms with Gasteiger partial charge in [0, 0.05) is 25.6 Å². The summed E-state index contributed by atoms with van der Waals surface area (Å²) in [5.41, 5.74) is 5.46. The lowest BCUT2D eigenvalue weighted by molar-refractivity contribution is -0.137. The normalized spacial score (nSPS) is 22.5. The molecule has 1 aliphatic rings. The van der Waals surface area contributed by atoms with Gasteiger partial charge in [0.15, 0.2) is 0 Å².